The lowest BCUT2D eigenvalue weighted by atomic mass is 9.97. The number of aromatic nitrogens is 1. The number of hydrogen-bond acceptors (Lipinski definition) is 3. The quantitative estimate of drug-likeness (QED) is 0.626. The van der Waals surface area contributed by atoms with E-state index >= 15 is 0 Å². The van der Waals surface area contributed by atoms with Gasteiger partial charge in [-0.25, -0.2) is 4.79 Å². The first-order chi connectivity index (χ1) is 12.1. The fraction of sp³-hybridized carbons (Fsp3) is 0.105. The Morgan fingerprint density at radius 2 is 1.84 bits per heavy atom. The van der Waals surface area contributed by atoms with Crippen LogP contribution in [0, 0.1) is 0 Å². The third-order valence-corrected chi connectivity index (χ3v) is 5.63. The molecule has 0 radical (unpaired) electrons. The third-order valence-electron chi connectivity index (χ3n) is 4.28. The lowest BCUT2D eigenvalue weighted by molar-refractivity contribution is 0.0693. The van der Waals surface area contributed by atoms with Gasteiger partial charge in [0.25, 0.3) is 0 Å². The van der Waals surface area contributed by atoms with Crippen LogP contribution in [-0.2, 0) is 23.5 Å². The second kappa shape index (κ2) is 6.31. The highest BCUT2D eigenvalue weighted by atomic mass is 32.2. The summed E-state index contributed by atoms with van der Waals surface area (Å²) >= 11 is -1.47. The molecule has 0 fully saturated rings. The van der Waals surface area contributed by atoms with E-state index in [2.05, 4.69) is 10.3 Å². The lowest BCUT2D eigenvalue weighted by Crippen LogP contribution is -2.11. The van der Waals surface area contributed by atoms with Crippen molar-refractivity contribution in [2.75, 3.05) is 5.32 Å². The molecule has 2 heterocycles. The Kier molecular flexibility index (Phi) is 3.99. The van der Waals surface area contributed by atoms with Gasteiger partial charge >= 0.3 is 5.97 Å². The van der Waals surface area contributed by atoms with Crippen molar-refractivity contribution in [3.8, 4) is 11.1 Å². The van der Waals surface area contributed by atoms with Crippen molar-refractivity contribution in [2.24, 2.45) is 0 Å². The van der Waals surface area contributed by atoms with Gasteiger partial charge in [-0.15, -0.1) is 0 Å². The Morgan fingerprint density at radius 1 is 1.12 bits per heavy atom. The summed E-state index contributed by atoms with van der Waals surface area (Å²) in [6.07, 6.45) is 0. The highest BCUT2D eigenvalue weighted by Gasteiger charge is 2.33. The minimum Gasteiger partial charge on any atom is -0.610 e. The molecule has 1 aromatic heterocycles. The van der Waals surface area contributed by atoms with Crippen molar-refractivity contribution in [1.82, 2.24) is 4.98 Å². The highest BCUT2D eigenvalue weighted by Crippen LogP contribution is 2.40. The van der Waals surface area contributed by atoms with Gasteiger partial charge in [0.05, 0.1) is 6.54 Å². The Labute approximate surface area is 147 Å². The molecule has 126 valence electrons. The predicted molar refractivity (Wildman–Crippen MR) is 97.1 cm³/mol. The van der Waals surface area contributed by atoms with Crippen molar-refractivity contribution in [1.29, 1.82) is 0 Å². The van der Waals surface area contributed by atoms with Crippen LogP contribution in [0.3, 0.4) is 0 Å². The molecule has 0 saturated heterocycles. The van der Waals surface area contributed by atoms with E-state index in [1.165, 1.54) is 0 Å². The Morgan fingerprint density at radius 3 is 2.60 bits per heavy atom. The second-order valence-electron chi connectivity index (χ2n) is 5.86. The minimum absolute atomic E-state index is 0.109. The van der Waals surface area contributed by atoms with E-state index in [-0.39, 0.29) is 16.3 Å². The van der Waals surface area contributed by atoms with Crippen LogP contribution in [0.5, 0.6) is 0 Å². The second-order valence-corrected chi connectivity index (χ2v) is 7.25. The highest BCUT2D eigenvalue weighted by molar-refractivity contribution is 7.90. The molecule has 3 N–H and O–H groups in total. The van der Waals surface area contributed by atoms with Gasteiger partial charge in [-0.2, -0.15) is 0 Å². The molecule has 3 aromatic rings. The monoisotopic (exact) mass is 352 g/mol. The Bertz CT molecular complexity index is 937. The number of anilines is 1. The molecule has 1 aliphatic rings. The summed E-state index contributed by atoms with van der Waals surface area (Å²) in [7, 11) is 0. The maximum Gasteiger partial charge on any atom is 0.343 e. The van der Waals surface area contributed by atoms with E-state index in [1.807, 2.05) is 54.6 Å². The molecule has 0 aliphatic carbocycles. The topological polar surface area (TPSA) is 88.2 Å². The SMILES string of the molecule is O=C(O)c1c([S+]([O-])Cc2ccccc2)[nH]c2c1-c1ccccc1NC2. The molecule has 1 unspecified atom stereocenters. The predicted octanol–water partition coefficient (Wildman–Crippen LogP) is 3.61. The molecular formula is C19H16N2O3S. The van der Waals surface area contributed by atoms with Crippen LogP contribution < -0.4 is 5.32 Å². The maximum absolute atomic E-state index is 12.9. The molecule has 1 aliphatic heterocycles. The zero-order valence-electron chi connectivity index (χ0n) is 13.3. The third kappa shape index (κ3) is 2.79. The standard InChI is InChI=1S/C19H16N2O3S/c22-19(23)17-16-13-8-4-5-9-14(13)20-10-15(16)21-18(17)25(24)11-12-6-2-1-3-7-12/h1-9,20-21H,10-11H2,(H,22,23). The number of aromatic carboxylic acids is 1. The van der Waals surface area contributed by atoms with Crippen LogP contribution in [0.25, 0.3) is 11.1 Å². The van der Waals surface area contributed by atoms with Crippen LogP contribution in [0.2, 0.25) is 0 Å². The summed E-state index contributed by atoms with van der Waals surface area (Å²) in [6.45, 7) is 0.481. The lowest BCUT2D eigenvalue weighted by Gasteiger charge is -2.18. The van der Waals surface area contributed by atoms with Gasteiger partial charge in [0.1, 0.15) is 11.3 Å². The number of hydrogen-bond donors (Lipinski definition) is 3. The molecule has 5 nitrogen and oxygen atoms in total. The summed E-state index contributed by atoms with van der Waals surface area (Å²) < 4.78 is 12.9. The first kappa shape index (κ1) is 15.8. The van der Waals surface area contributed by atoms with E-state index in [0.29, 0.717) is 12.1 Å². The number of carboxylic acids is 1. The number of rotatable bonds is 4. The number of carbonyl (C=O) groups is 1. The molecule has 6 heteroatoms. The van der Waals surface area contributed by atoms with Crippen molar-refractivity contribution in [3.05, 3.63) is 71.4 Å². The van der Waals surface area contributed by atoms with Gasteiger partial charge in [-0.3, -0.25) is 0 Å². The summed E-state index contributed by atoms with van der Waals surface area (Å²) in [5, 5.41) is 13.3. The van der Waals surface area contributed by atoms with Crippen molar-refractivity contribution in [3.63, 3.8) is 0 Å². The van der Waals surface area contributed by atoms with Gasteiger partial charge in [0.15, 0.2) is 0 Å². The fourth-order valence-electron chi connectivity index (χ4n) is 3.17. The van der Waals surface area contributed by atoms with E-state index < -0.39 is 17.1 Å². The van der Waals surface area contributed by atoms with Gasteiger partial charge in [0, 0.05) is 39.2 Å². The summed E-state index contributed by atoms with van der Waals surface area (Å²) in [4.78, 5) is 15.0. The number of fused-ring (bicyclic) bond motifs is 3. The van der Waals surface area contributed by atoms with Gasteiger partial charge in [-0.1, -0.05) is 48.5 Å². The molecule has 1 atom stereocenters. The largest absolute Gasteiger partial charge is 0.610 e. The molecule has 0 amide bonds. The van der Waals surface area contributed by atoms with Crippen LogP contribution in [0.1, 0.15) is 21.6 Å². The van der Waals surface area contributed by atoms with Gasteiger partial charge < -0.3 is 20.0 Å². The fourth-order valence-corrected chi connectivity index (χ4v) is 4.46. The summed E-state index contributed by atoms with van der Waals surface area (Å²) in [6, 6.07) is 17.0. The molecule has 25 heavy (non-hydrogen) atoms. The number of aromatic amines is 1. The smallest absolute Gasteiger partial charge is 0.343 e. The summed E-state index contributed by atoms with van der Waals surface area (Å²) in [5.74, 6) is -0.791. The van der Waals surface area contributed by atoms with Crippen LogP contribution in [0.15, 0.2) is 59.6 Å². The molecule has 0 saturated carbocycles. The van der Waals surface area contributed by atoms with Gasteiger partial charge in [-0.05, 0) is 6.07 Å². The Hall–Kier alpha value is -2.70. The zero-order valence-corrected chi connectivity index (χ0v) is 14.1. The van der Waals surface area contributed by atoms with E-state index in [0.717, 1.165) is 22.5 Å². The zero-order chi connectivity index (χ0) is 17.4. The van der Waals surface area contributed by atoms with Crippen molar-refractivity contribution in [2.45, 2.75) is 17.3 Å². The van der Waals surface area contributed by atoms with Crippen LogP contribution >= 0.6 is 0 Å². The molecule has 0 spiro atoms. The van der Waals surface area contributed by atoms with Crippen molar-refractivity contribution < 1.29 is 14.5 Å². The maximum atomic E-state index is 12.9. The number of benzene rings is 2. The number of carboxylic acid groups (broad SMARTS) is 1. The van der Waals surface area contributed by atoms with E-state index in [9.17, 15) is 14.5 Å². The van der Waals surface area contributed by atoms with E-state index in [4.69, 9.17) is 0 Å². The normalized spacial score (nSPS) is 13.5. The molecule has 0 bridgehead atoms. The van der Waals surface area contributed by atoms with Crippen LogP contribution in [-0.4, -0.2) is 20.6 Å². The van der Waals surface area contributed by atoms with Gasteiger partial charge in [0.2, 0.25) is 5.03 Å². The average Bonchev–Trinajstić information content (AvgIpc) is 3.03. The van der Waals surface area contributed by atoms with E-state index in [1.54, 1.807) is 0 Å². The minimum atomic E-state index is -1.47. The first-order valence-corrected chi connectivity index (χ1v) is 9.20. The average molecular weight is 352 g/mol. The first-order valence-electron chi connectivity index (χ1n) is 7.89. The van der Waals surface area contributed by atoms with Crippen LogP contribution in [0.4, 0.5) is 5.69 Å². The Balaban J connectivity index is 1.80. The molecule has 4 rings (SSSR count). The molecule has 2 aromatic carbocycles. The number of para-hydroxylation sites is 1. The number of nitrogens with one attached hydrogen (secondary N) is 2. The summed E-state index contributed by atoms with van der Waals surface area (Å²) in [5.41, 5.74) is 4.12. The van der Waals surface area contributed by atoms with Crippen molar-refractivity contribution >= 4 is 22.8 Å². The molecular weight excluding hydrogens is 336 g/mol. The number of H-pyrrole nitrogens is 1.